The second kappa shape index (κ2) is 7.42. The molecule has 1 saturated carbocycles. The van der Waals surface area contributed by atoms with Crippen LogP contribution in [-0.4, -0.2) is 31.8 Å². The zero-order valence-corrected chi connectivity index (χ0v) is 16.3. The van der Waals surface area contributed by atoms with E-state index in [9.17, 15) is 13.2 Å². The largest absolute Gasteiger partial charge is 0.329 e. The number of hydrogen-bond donors (Lipinski definition) is 1. The van der Waals surface area contributed by atoms with Crippen LogP contribution >= 0.6 is 0 Å². The molecule has 1 unspecified atom stereocenters. The molecule has 1 N–H and O–H groups in total. The normalized spacial score (nSPS) is 18.3. The van der Waals surface area contributed by atoms with E-state index in [1.54, 1.807) is 12.1 Å². The highest BCUT2D eigenvalue weighted by atomic mass is 32.2. The Morgan fingerprint density at radius 2 is 1.93 bits per heavy atom. The Bertz CT molecular complexity index is 1050. The van der Waals surface area contributed by atoms with Gasteiger partial charge in [-0.1, -0.05) is 36.3 Å². The van der Waals surface area contributed by atoms with Gasteiger partial charge >= 0.3 is 0 Å². The number of amides is 1. The predicted octanol–water partition coefficient (Wildman–Crippen LogP) is 2.89. The van der Waals surface area contributed by atoms with Crippen molar-refractivity contribution in [3.05, 3.63) is 65.2 Å². The molecule has 0 heterocycles. The number of nitrogens with zero attached hydrogens (tertiary/aromatic N) is 1. The van der Waals surface area contributed by atoms with Gasteiger partial charge in [-0.2, -0.15) is 4.72 Å². The summed E-state index contributed by atoms with van der Waals surface area (Å²) in [5.74, 6) is 2.14. The fraction of sp³-hybridized carbons (Fsp3) is 0.318. The van der Waals surface area contributed by atoms with Crippen LogP contribution in [0.1, 0.15) is 46.8 Å². The fourth-order valence-corrected chi connectivity index (χ4v) is 4.88. The van der Waals surface area contributed by atoms with Crippen molar-refractivity contribution in [2.24, 2.45) is 0 Å². The lowest BCUT2D eigenvalue weighted by molar-refractivity contribution is 0.0658. The Labute approximate surface area is 165 Å². The third-order valence-electron chi connectivity index (χ3n) is 5.37. The molecule has 0 saturated heterocycles. The summed E-state index contributed by atoms with van der Waals surface area (Å²) in [4.78, 5) is 15.4. The average molecular weight is 394 g/mol. The minimum Gasteiger partial charge on any atom is -0.329 e. The molecule has 0 spiro atoms. The van der Waals surface area contributed by atoms with Crippen molar-refractivity contribution in [1.29, 1.82) is 0 Å². The van der Waals surface area contributed by atoms with Crippen molar-refractivity contribution < 1.29 is 13.2 Å². The molecule has 2 aromatic rings. The maximum atomic E-state index is 13.4. The van der Waals surface area contributed by atoms with E-state index < -0.39 is 10.0 Å². The lowest BCUT2D eigenvalue weighted by Crippen LogP contribution is -2.36. The molecule has 0 aromatic heterocycles. The molecule has 0 bridgehead atoms. The Balaban J connectivity index is 1.65. The monoisotopic (exact) mass is 394 g/mol. The standard InChI is InChI=1S/C22H22N2O3S/c1-2-14-23-28(26,27)19-8-5-7-17(15-19)22(25)24(18-11-12-18)21-13-10-16-6-3-4-9-20(16)21/h1,3-9,15,18,21,23H,10-14H2. The highest BCUT2D eigenvalue weighted by Crippen LogP contribution is 2.42. The van der Waals surface area contributed by atoms with Gasteiger partial charge in [-0.05, 0) is 55.0 Å². The van der Waals surface area contributed by atoms with Crippen molar-refractivity contribution >= 4 is 15.9 Å². The van der Waals surface area contributed by atoms with Crippen molar-refractivity contribution in [3.8, 4) is 12.3 Å². The van der Waals surface area contributed by atoms with Crippen molar-refractivity contribution in [1.82, 2.24) is 9.62 Å². The Morgan fingerprint density at radius 1 is 1.14 bits per heavy atom. The number of terminal acetylenes is 1. The molecule has 4 rings (SSSR count). The van der Waals surface area contributed by atoms with E-state index >= 15 is 0 Å². The van der Waals surface area contributed by atoms with E-state index in [0.717, 1.165) is 25.7 Å². The van der Waals surface area contributed by atoms with Crippen LogP contribution < -0.4 is 4.72 Å². The van der Waals surface area contributed by atoms with Gasteiger partial charge in [-0.3, -0.25) is 4.79 Å². The first-order valence-corrected chi connectivity index (χ1v) is 10.9. The van der Waals surface area contributed by atoms with E-state index in [1.807, 2.05) is 17.0 Å². The lowest BCUT2D eigenvalue weighted by atomic mass is 10.1. The SMILES string of the molecule is C#CCNS(=O)(=O)c1cccc(C(=O)N(C2CC2)C2CCc3ccccc32)c1. The molecule has 1 amide bonds. The van der Waals surface area contributed by atoms with Crippen LogP contribution in [0.3, 0.4) is 0 Å². The molecule has 0 radical (unpaired) electrons. The van der Waals surface area contributed by atoms with Crippen LogP contribution in [0.5, 0.6) is 0 Å². The van der Waals surface area contributed by atoms with Gasteiger partial charge < -0.3 is 4.90 Å². The molecule has 0 aliphatic heterocycles. The minimum atomic E-state index is -3.74. The zero-order valence-electron chi connectivity index (χ0n) is 15.5. The number of fused-ring (bicyclic) bond motifs is 1. The van der Waals surface area contributed by atoms with Crippen LogP contribution in [0.15, 0.2) is 53.4 Å². The Morgan fingerprint density at radius 3 is 2.68 bits per heavy atom. The summed E-state index contributed by atoms with van der Waals surface area (Å²) in [6.45, 7) is -0.0897. The number of nitrogens with one attached hydrogen (secondary N) is 1. The van der Waals surface area contributed by atoms with Gasteiger partial charge in [-0.15, -0.1) is 6.42 Å². The third-order valence-corrected chi connectivity index (χ3v) is 6.77. The van der Waals surface area contributed by atoms with Gasteiger partial charge in [0.15, 0.2) is 0 Å². The predicted molar refractivity (Wildman–Crippen MR) is 107 cm³/mol. The molecule has 144 valence electrons. The van der Waals surface area contributed by atoms with Crippen molar-refractivity contribution in [2.45, 2.75) is 42.7 Å². The number of rotatable bonds is 6. The number of aryl methyl sites for hydroxylation is 1. The molecule has 1 fully saturated rings. The first kappa shape index (κ1) is 18.7. The molecular weight excluding hydrogens is 372 g/mol. The number of carbonyl (C=O) groups is 1. The highest BCUT2D eigenvalue weighted by molar-refractivity contribution is 7.89. The summed E-state index contributed by atoms with van der Waals surface area (Å²) in [6.07, 6.45) is 8.99. The zero-order chi connectivity index (χ0) is 19.7. The smallest absolute Gasteiger partial charge is 0.254 e. The summed E-state index contributed by atoms with van der Waals surface area (Å²) in [5, 5.41) is 0. The summed E-state index contributed by atoms with van der Waals surface area (Å²) in [6, 6.07) is 14.7. The second-order valence-electron chi connectivity index (χ2n) is 7.25. The van der Waals surface area contributed by atoms with Gasteiger partial charge in [0, 0.05) is 11.6 Å². The number of hydrogen-bond acceptors (Lipinski definition) is 3. The molecule has 6 heteroatoms. The number of carbonyl (C=O) groups excluding carboxylic acids is 1. The van der Waals surface area contributed by atoms with Crippen LogP contribution in [0, 0.1) is 12.3 Å². The van der Waals surface area contributed by atoms with Crippen LogP contribution in [0.25, 0.3) is 0 Å². The van der Waals surface area contributed by atoms with Crippen molar-refractivity contribution in [2.75, 3.05) is 6.54 Å². The maximum absolute atomic E-state index is 13.4. The summed E-state index contributed by atoms with van der Waals surface area (Å²) >= 11 is 0. The molecule has 2 aliphatic carbocycles. The molecule has 2 aromatic carbocycles. The number of benzene rings is 2. The van der Waals surface area contributed by atoms with Crippen molar-refractivity contribution in [3.63, 3.8) is 0 Å². The van der Waals surface area contributed by atoms with Gasteiger partial charge in [0.1, 0.15) is 0 Å². The summed E-state index contributed by atoms with van der Waals surface area (Å²) in [7, 11) is -3.74. The van der Waals surface area contributed by atoms with E-state index in [1.165, 1.54) is 23.3 Å². The quantitative estimate of drug-likeness (QED) is 0.766. The van der Waals surface area contributed by atoms with Gasteiger partial charge in [0.25, 0.3) is 5.91 Å². The van der Waals surface area contributed by atoms with E-state index in [0.29, 0.717) is 5.56 Å². The van der Waals surface area contributed by atoms with E-state index in [2.05, 4.69) is 22.8 Å². The molecule has 1 atom stereocenters. The summed E-state index contributed by atoms with van der Waals surface area (Å²) < 4.78 is 27.1. The van der Waals surface area contributed by atoms with Gasteiger partial charge in [0.2, 0.25) is 10.0 Å². The fourth-order valence-electron chi connectivity index (χ4n) is 3.90. The molecular formula is C22H22N2O3S. The van der Waals surface area contributed by atoms with E-state index in [4.69, 9.17) is 6.42 Å². The highest BCUT2D eigenvalue weighted by Gasteiger charge is 2.40. The van der Waals surface area contributed by atoms with E-state index in [-0.39, 0.29) is 29.4 Å². The summed E-state index contributed by atoms with van der Waals surface area (Å²) in [5.41, 5.74) is 2.89. The lowest BCUT2D eigenvalue weighted by Gasteiger charge is -2.30. The average Bonchev–Trinajstić information content (AvgIpc) is 3.46. The first-order chi connectivity index (χ1) is 13.5. The second-order valence-corrected chi connectivity index (χ2v) is 9.02. The molecule has 28 heavy (non-hydrogen) atoms. The van der Waals surface area contributed by atoms with Crippen LogP contribution in [-0.2, 0) is 16.4 Å². The molecule has 5 nitrogen and oxygen atoms in total. The van der Waals surface area contributed by atoms with Crippen LogP contribution in [0.2, 0.25) is 0 Å². The van der Waals surface area contributed by atoms with Gasteiger partial charge in [-0.25, -0.2) is 8.42 Å². The van der Waals surface area contributed by atoms with Gasteiger partial charge in [0.05, 0.1) is 17.5 Å². The molecule has 2 aliphatic rings. The first-order valence-electron chi connectivity index (χ1n) is 9.45. The minimum absolute atomic E-state index is 0.0519. The Hall–Kier alpha value is -2.62. The van der Waals surface area contributed by atoms with Crippen LogP contribution in [0.4, 0.5) is 0 Å². The Kier molecular flexibility index (Phi) is 4.96. The topological polar surface area (TPSA) is 66.5 Å². The third kappa shape index (κ3) is 3.56. The number of sulfonamides is 1. The maximum Gasteiger partial charge on any atom is 0.254 e.